The minimum Gasteiger partial charge on any atom is -0.505 e. The average molecular weight is 451 g/mol. The summed E-state index contributed by atoms with van der Waals surface area (Å²) >= 11 is 0. The van der Waals surface area contributed by atoms with Crippen LogP contribution in [-0.4, -0.2) is 16.7 Å². The summed E-state index contributed by atoms with van der Waals surface area (Å²) in [6.07, 6.45) is 5.41. The number of Topliss-reactive ketones (excluding diaryl/α,β-unsaturated/α-hetero) is 1. The largest absolute Gasteiger partial charge is 0.505 e. The van der Waals surface area contributed by atoms with Crippen LogP contribution < -0.4 is 0 Å². The molecule has 3 atom stereocenters. The van der Waals surface area contributed by atoms with Crippen molar-refractivity contribution in [3.8, 4) is 5.75 Å². The number of hydrogen-bond acceptors (Lipinski definition) is 3. The summed E-state index contributed by atoms with van der Waals surface area (Å²) in [7, 11) is 0. The van der Waals surface area contributed by atoms with E-state index < -0.39 is 28.8 Å². The Labute approximate surface area is 197 Å². The Morgan fingerprint density at radius 2 is 1.65 bits per heavy atom. The van der Waals surface area contributed by atoms with E-state index in [0.717, 1.165) is 5.57 Å². The molecule has 4 heteroatoms. The molecular formula is C30H23FO3. The number of halogens is 1. The number of hydrogen-bond donors (Lipinski definition) is 1. The van der Waals surface area contributed by atoms with Gasteiger partial charge in [0, 0.05) is 17.4 Å². The van der Waals surface area contributed by atoms with Crippen LogP contribution in [0.15, 0.2) is 109 Å². The van der Waals surface area contributed by atoms with E-state index in [1.165, 1.54) is 18.2 Å². The van der Waals surface area contributed by atoms with Gasteiger partial charge in [0.2, 0.25) is 0 Å². The fourth-order valence-electron chi connectivity index (χ4n) is 5.59. The smallest absolute Gasteiger partial charge is 0.168 e. The summed E-state index contributed by atoms with van der Waals surface area (Å²) in [4.78, 5) is 28.2. The molecule has 0 spiro atoms. The van der Waals surface area contributed by atoms with Crippen LogP contribution in [0.5, 0.6) is 5.75 Å². The molecule has 0 aliphatic heterocycles. The molecule has 2 aliphatic rings. The average Bonchev–Trinajstić information content (AvgIpc) is 2.88. The molecule has 0 amide bonds. The fraction of sp³-hybridized carbons (Fsp3) is 0.133. The van der Waals surface area contributed by atoms with Crippen LogP contribution in [0.1, 0.15) is 29.0 Å². The van der Waals surface area contributed by atoms with Crippen molar-refractivity contribution >= 4 is 17.1 Å². The molecule has 0 radical (unpaired) electrons. The second kappa shape index (κ2) is 8.38. The lowest BCUT2D eigenvalue weighted by Crippen LogP contribution is -2.54. The molecule has 2 aliphatic carbocycles. The van der Waals surface area contributed by atoms with Crippen LogP contribution in [-0.2, 0) is 15.0 Å². The topological polar surface area (TPSA) is 54.4 Å². The van der Waals surface area contributed by atoms with Gasteiger partial charge >= 0.3 is 0 Å². The van der Waals surface area contributed by atoms with Crippen molar-refractivity contribution in [1.29, 1.82) is 0 Å². The normalized spacial score (nSPS) is 24.1. The van der Waals surface area contributed by atoms with Gasteiger partial charge in [-0.2, -0.15) is 0 Å². The van der Waals surface area contributed by atoms with Crippen molar-refractivity contribution < 1.29 is 19.1 Å². The molecule has 0 heterocycles. The monoisotopic (exact) mass is 450 g/mol. The van der Waals surface area contributed by atoms with Crippen molar-refractivity contribution in [2.75, 3.05) is 0 Å². The number of fused-ring (bicyclic) bond motifs is 1. The number of carbonyl (C=O) groups excluding carboxylic acids is 2. The molecule has 0 unspecified atom stereocenters. The zero-order valence-corrected chi connectivity index (χ0v) is 18.4. The minimum atomic E-state index is -1.27. The van der Waals surface area contributed by atoms with Gasteiger partial charge in [-0.25, -0.2) is 4.39 Å². The van der Waals surface area contributed by atoms with E-state index in [4.69, 9.17) is 0 Å². The standard InChI is InChI=1S/C30H23FO3/c1-2-19-13-15-24-29(34)23(20-9-5-3-6-10-20)18-27(33)30(24,22-11-7-4-8-12-22)28(19)21-14-16-26(32)25(31)17-21/h2-14,16-18,24,28,32H,1,15H2/t24-,28+,30-/m0/s1. The number of benzene rings is 3. The molecule has 5 rings (SSSR count). The van der Waals surface area contributed by atoms with Crippen LogP contribution in [0.2, 0.25) is 0 Å². The summed E-state index contributed by atoms with van der Waals surface area (Å²) in [5.41, 5.74) is 1.79. The summed E-state index contributed by atoms with van der Waals surface area (Å²) in [6, 6.07) is 22.6. The molecule has 3 aromatic carbocycles. The fourth-order valence-corrected chi connectivity index (χ4v) is 5.59. The van der Waals surface area contributed by atoms with Gasteiger partial charge in [-0.05, 0) is 46.9 Å². The lowest BCUT2D eigenvalue weighted by Gasteiger charge is -2.49. The van der Waals surface area contributed by atoms with Crippen molar-refractivity contribution in [2.24, 2.45) is 5.92 Å². The number of phenolic OH excluding ortho intramolecular Hbond substituents is 1. The second-order valence-electron chi connectivity index (χ2n) is 8.73. The van der Waals surface area contributed by atoms with Crippen LogP contribution in [0, 0.1) is 11.7 Å². The Morgan fingerprint density at radius 3 is 2.29 bits per heavy atom. The molecule has 3 nitrogen and oxygen atoms in total. The highest BCUT2D eigenvalue weighted by Gasteiger charge is 2.59. The molecule has 0 bridgehead atoms. The van der Waals surface area contributed by atoms with Crippen LogP contribution in [0.3, 0.4) is 0 Å². The maximum Gasteiger partial charge on any atom is 0.168 e. The Balaban J connectivity index is 1.82. The predicted molar refractivity (Wildman–Crippen MR) is 130 cm³/mol. The SMILES string of the molecule is C=CC1=CC[C@H]2C(=O)C(c3ccccc3)=CC(=O)[C@@]2(c2ccccc2)[C@H]1c1ccc(O)c(F)c1. The third kappa shape index (κ3) is 3.18. The third-order valence-corrected chi connectivity index (χ3v) is 7.07. The van der Waals surface area contributed by atoms with E-state index in [9.17, 15) is 19.1 Å². The number of allylic oxidation sites excluding steroid dienone is 5. The highest BCUT2D eigenvalue weighted by Crippen LogP contribution is 2.57. The Hall–Kier alpha value is -4.05. The van der Waals surface area contributed by atoms with E-state index in [1.54, 1.807) is 12.1 Å². The highest BCUT2D eigenvalue weighted by molar-refractivity contribution is 6.31. The molecule has 168 valence electrons. The van der Waals surface area contributed by atoms with E-state index >= 15 is 0 Å². The lowest BCUT2D eigenvalue weighted by molar-refractivity contribution is -0.131. The molecule has 0 saturated heterocycles. The van der Waals surface area contributed by atoms with Gasteiger partial charge in [0.15, 0.2) is 23.1 Å². The van der Waals surface area contributed by atoms with Gasteiger partial charge in [0.25, 0.3) is 0 Å². The van der Waals surface area contributed by atoms with Gasteiger partial charge in [-0.15, -0.1) is 0 Å². The second-order valence-corrected chi connectivity index (χ2v) is 8.73. The van der Waals surface area contributed by atoms with Gasteiger partial charge < -0.3 is 5.11 Å². The number of aromatic hydroxyl groups is 1. The first-order chi connectivity index (χ1) is 16.5. The van der Waals surface area contributed by atoms with Crippen molar-refractivity contribution in [3.05, 3.63) is 132 Å². The Bertz CT molecular complexity index is 1350. The van der Waals surface area contributed by atoms with E-state index in [0.29, 0.717) is 28.7 Å². The van der Waals surface area contributed by atoms with Crippen molar-refractivity contribution in [1.82, 2.24) is 0 Å². The first-order valence-electron chi connectivity index (χ1n) is 11.2. The molecule has 1 N–H and O–H groups in total. The Kier molecular flexibility index (Phi) is 5.37. The van der Waals surface area contributed by atoms with E-state index in [2.05, 4.69) is 6.58 Å². The van der Waals surface area contributed by atoms with Gasteiger partial charge in [0.1, 0.15) is 0 Å². The molecular weight excluding hydrogens is 427 g/mol. The molecule has 0 fully saturated rings. The Morgan fingerprint density at radius 1 is 0.971 bits per heavy atom. The summed E-state index contributed by atoms with van der Waals surface area (Å²) < 4.78 is 14.5. The summed E-state index contributed by atoms with van der Waals surface area (Å²) in [6.45, 7) is 3.95. The minimum absolute atomic E-state index is 0.113. The summed E-state index contributed by atoms with van der Waals surface area (Å²) in [5, 5.41) is 9.79. The third-order valence-electron chi connectivity index (χ3n) is 7.07. The van der Waals surface area contributed by atoms with Crippen molar-refractivity contribution in [3.63, 3.8) is 0 Å². The van der Waals surface area contributed by atoms with Crippen LogP contribution in [0.25, 0.3) is 5.57 Å². The zero-order valence-electron chi connectivity index (χ0n) is 18.4. The summed E-state index contributed by atoms with van der Waals surface area (Å²) in [5.74, 6) is -2.88. The first-order valence-corrected chi connectivity index (χ1v) is 11.2. The lowest BCUT2D eigenvalue weighted by atomic mass is 9.50. The maximum atomic E-state index is 14.5. The number of carbonyl (C=O) groups is 2. The van der Waals surface area contributed by atoms with Gasteiger partial charge in [0.05, 0.1) is 5.41 Å². The highest BCUT2D eigenvalue weighted by atomic mass is 19.1. The molecule has 34 heavy (non-hydrogen) atoms. The van der Waals surface area contributed by atoms with E-state index in [-0.39, 0.29) is 11.6 Å². The maximum absolute atomic E-state index is 14.5. The van der Waals surface area contributed by atoms with E-state index in [1.807, 2.05) is 66.7 Å². The van der Waals surface area contributed by atoms with Gasteiger partial charge in [-0.1, -0.05) is 85.5 Å². The van der Waals surface area contributed by atoms with Crippen LogP contribution in [0.4, 0.5) is 4.39 Å². The zero-order chi connectivity index (χ0) is 23.9. The molecule has 3 aromatic rings. The molecule has 0 aromatic heterocycles. The number of phenols is 1. The predicted octanol–water partition coefficient (Wildman–Crippen LogP) is 5.92. The van der Waals surface area contributed by atoms with Gasteiger partial charge in [-0.3, -0.25) is 9.59 Å². The number of rotatable bonds is 4. The number of ketones is 2. The first kappa shape index (κ1) is 21.8. The van der Waals surface area contributed by atoms with Crippen LogP contribution >= 0.6 is 0 Å². The molecule has 0 saturated carbocycles. The van der Waals surface area contributed by atoms with Crippen molar-refractivity contribution in [2.45, 2.75) is 17.8 Å². The quantitative estimate of drug-likeness (QED) is 0.537.